The van der Waals surface area contributed by atoms with Gasteiger partial charge in [-0.15, -0.1) is 0 Å². The number of hydrogen-bond acceptors (Lipinski definition) is 6. The standard InChI is InChI=1S/C24H28N2O6/c1-30-32-15-16-10-11-18-20(14-16)25-23(22(18)17-6-3-2-4-7-17)19-8-5-9-21(26(28)29)24(19)31-13-12-27/h5,8-11,14,17,25,27H,2-4,6-7,12-13,15H2,1H3. The van der Waals surface area contributed by atoms with Crippen molar-refractivity contribution in [2.75, 3.05) is 20.3 Å². The molecule has 0 atom stereocenters. The number of aliphatic hydroxyl groups is 1. The van der Waals surface area contributed by atoms with Gasteiger partial charge in [0.25, 0.3) is 0 Å². The Hall–Kier alpha value is -2.94. The molecule has 0 aliphatic heterocycles. The Balaban J connectivity index is 1.90. The second kappa shape index (κ2) is 10.1. The fraction of sp³-hybridized carbons (Fsp3) is 0.417. The van der Waals surface area contributed by atoms with Gasteiger partial charge in [0, 0.05) is 22.5 Å². The van der Waals surface area contributed by atoms with E-state index in [4.69, 9.17) is 14.5 Å². The fourth-order valence-electron chi connectivity index (χ4n) is 4.68. The van der Waals surface area contributed by atoms with Crippen molar-refractivity contribution in [2.24, 2.45) is 0 Å². The smallest absolute Gasteiger partial charge is 0.311 e. The van der Waals surface area contributed by atoms with Crippen LogP contribution in [-0.4, -0.2) is 35.3 Å². The number of aromatic amines is 1. The minimum atomic E-state index is -0.445. The normalized spacial score (nSPS) is 14.7. The van der Waals surface area contributed by atoms with Crippen molar-refractivity contribution in [2.45, 2.75) is 44.6 Å². The van der Waals surface area contributed by atoms with Crippen LogP contribution in [0.5, 0.6) is 5.75 Å². The Morgan fingerprint density at radius 3 is 2.72 bits per heavy atom. The van der Waals surface area contributed by atoms with E-state index in [0.29, 0.717) is 18.1 Å². The summed E-state index contributed by atoms with van der Waals surface area (Å²) in [5.74, 6) is 0.539. The summed E-state index contributed by atoms with van der Waals surface area (Å²) in [6.07, 6.45) is 5.72. The zero-order valence-corrected chi connectivity index (χ0v) is 18.1. The summed E-state index contributed by atoms with van der Waals surface area (Å²) < 4.78 is 5.70. The number of nitrogens with zero attached hydrogens (tertiary/aromatic N) is 1. The highest BCUT2D eigenvalue weighted by Crippen LogP contribution is 2.46. The average molecular weight is 440 g/mol. The van der Waals surface area contributed by atoms with Crippen molar-refractivity contribution in [1.82, 2.24) is 4.98 Å². The summed E-state index contributed by atoms with van der Waals surface area (Å²) in [5, 5.41) is 22.1. The molecule has 0 radical (unpaired) electrons. The summed E-state index contributed by atoms with van der Waals surface area (Å²) in [4.78, 5) is 24.6. The molecule has 1 aliphatic rings. The maximum atomic E-state index is 11.7. The van der Waals surface area contributed by atoms with Crippen LogP contribution in [0.1, 0.15) is 49.1 Å². The molecule has 1 heterocycles. The van der Waals surface area contributed by atoms with Gasteiger partial charge in [0.2, 0.25) is 5.75 Å². The number of nitro benzene ring substituents is 1. The summed E-state index contributed by atoms with van der Waals surface area (Å²) >= 11 is 0. The second-order valence-corrected chi connectivity index (χ2v) is 8.04. The lowest BCUT2D eigenvalue weighted by Crippen LogP contribution is -2.08. The minimum Gasteiger partial charge on any atom is -0.484 e. The van der Waals surface area contributed by atoms with Gasteiger partial charge >= 0.3 is 5.69 Å². The lowest BCUT2D eigenvalue weighted by Gasteiger charge is -2.23. The van der Waals surface area contributed by atoms with Crippen molar-refractivity contribution in [1.29, 1.82) is 0 Å². The molecule has 0 spiro atoms. The predicted octanol–water partition coefficient (Wildman–Crippen LogP) is 5.24. The highest BCUT2D eigenvalue weighted by atomic mass is 17.2. The third-order valence-corrected chi connectivity index (χ3v) is 6.06. The van der Waals surface area contributed by atoms with Crippen LogP contribution in [0.25, 0.3) is 22.2 Å². The summed E-state index contributed by atoms with van der Waals surface area (Å²) in [7, 11) is 1.47. The molecular weight excluding hydrogens is 412 g/mol. The van der Waals surface area contributed by atoms with E-state index >= 15 is 0 Å². The van der Waals surface area contributed by atoms with Crippen molar-refractivity contribution < 1.29 is 24.5 Å². The van der Waals surface area contributed by atoms with Gasteiger partial charge in [0.1, 0.15) is 13.2 Å². The molecule has 32 heavy (non-hydrogen) atoms. The first kappa shape index (κ1) is 22.3. The van der Waals surface area contributed by atoms with Gasteiger partial charge in [-0.3, -0.25) is 10.1 Å². The number of hydrogen-bond donors (Lipinski definition) is 2. The SMILES string of the molecule is COOCc1ccc2c(C3CCCCC3)c(-c3cccc([N+](=O)[O-])c3OCCO)[nH]c2c1. The number of benzene rings is 2. The number of ether oxygens (including phenoxy) is 1. The van der Waals surface area contributed by atoms with E-state index in [1.54, 1.807) is 6.07 Å². The molecule has 1 aromatic heterocycles. The van der Waals surface area contributed by atoms with E-state index in [-0.39, 0.29) is 24.7 Å². The van der Waals surface area contributed by atoms with Crippen LogP contribution in [0.3, 0.4) is 0 Å². The second-order valence-electron chi connectivity index (χ2n) is 8.04. The lowest BCUT2D eigenvalue weighted by molar-refractivity contribution is -0.385. The number of nitro groups is 1. The minimum absolute atomic E-state index is 0.0185. The molecule has 1 saturated carbocycles. The molecule has 0 unspecified atom stereocenters. The van der Waals surface area contributed by atoms with Gasteiger partial charge in [-0.1, -0.05) is 37.5 Å². The van der Waals surface area contributed by atoms with Crippen molar-refractivity contribution in [3.05, 3.63) is 57.6 Å². The Bertz CT molecular complexity index is 1090. The third kappa shape index (κ3) is 4.48. The topological polar surface area (TPSA) is 107 Å². The number of H-pyrrole nitrogens is 1. The zero-order valence-electron chi connectivity index (χ0n) is 18.1. The maximum absolute atomic E-state index is 11.7. The number of para-hydroxylation sites is 1. The molecule has 4 rings (SSSR count). The average Bonchev–Trinajstić information content (AvgIpc) is 3.20. The van der Waals surface area contributed by atoms with Crippen LogP contribution < -0.4 is 4.74 Å². The van der Waals surface area contributed by atoms with E-state index < -0.39 is 4.92 Å². The first-order chi connectivity index (χ1) is 15.6. The largest absolute Gasteiger partial charge is 0.484 e. The quantitative estimate of drug-likeness (QED) is 0.268. The van der Waals surface area contributed by atoms with Gasteiger partial charge in [-0.25, -0.2) is 9.78 Å². The molecule has 3 aromatic rings. The Morgan fingerprint density at radius 1 is 1.19 bits per heavy atom. The van der Waals surface area contributed by atoms with E-state index in [1.807, 2.05) is 18.2 Å². The van der Waals surface area contributed by atoms with Crippen molar-refractivity contribution in [3.8, 4) is 17.0 Å². The molecule has 1 aliphatic carbocycles. The highest BCUT2D eigenvalue weighted by Gasteiger charge is 2.28. The van der Waals surface area contributed by atoms with Crippen molar-refractivity contribution in [3.63, 3.8) is 0 Å². The predicted molar refractivity (Wildman–Crippen MR) is 121 cm³/mol. The maximum Gasteiger partial charge on any atom is 0.311 e. The van der Waals surface area contributed by atoms with Gasteiger partial charge in [0.05, 0.1) is 24.3 Å². The summed E-state index contributed by atoms with van der Waals surface area (Å²) in [5.41, 5.74) is 4.44. The molecule has 8 heteroatoms. The number of aliphatic hydroxyl groups excluding tert-OH is 1. The molecule has 0 saturated heterocycles. The molecule has 2 aromatic carbocycles. The Labute approximate surface area is 186 Å². The van der Waals surface area contributed by atoms with E-state index in [1.165, 1.54) is 38.0 Å². The van der Waals surface area contributed by atoms with Gasteiger partial charge < -0.3 is 14.8 Å². The van der Waals surface area contributed by atoms with Crippen LogP contribution in [0.2, 0.25) is 0 Å². The van der Waals surface area contributed by atoms with Crippen LogP contribution >= 0.6 is 0 Å². The molecular formula is C24H28N2O6. The van der Waals surface area contributed by atoms with Crippen LogP contribution in [0, 0.1) is 10.1 Å². The summed E-state index contributed by atoms with van der Waals surface area (Å²) in [6, 6.07) is 11.1. The summed E-state index contributed by atoms with van der Waals surface area (Å²) in [6.45, 7) is 0.0765. The van der Waals surface area contributed by atoms with Crippen LogP contribution in [-0.2, 0) is 16.4 Å². The van der Waals surface area contributed by atoms with E-state index in [0.717, 1.165) is 35.0 Å². The lowest BCUT2D eigenvalue weighted by atomic mass is 9.81. The van der Waals surface area contributed by atoms with Crippen LogP contribution in [0.15, 0.2) is 36.4 Å². The number of nitrogens with one attached hydrogen (secondary N) is 1. The first-order valence-electron chi connectivity index (χ1n) is 11.0. The molecule has 2 N–H and O–H groups in total. The van der Waals surface area contributed by atoms with E-state index in [9.17, 15) is 15.2 Å². The van der Waals surface area contributed by atoms with Gasteiger partial charge in [-0.2, -0.15) is 0 Å². The molecule has 170 valence electrons. The number of aromatic nitrogens is 1. The number of fused-ring (bicyclic) bond motifs is 1. The van der Waals surface area contributed by atoms with Gasteiger partial charge in [0.15, 0.2) is 0 Å². The first-order valence-corrected chi connectivity index (χ1v) is 11.0. The molecule has 0 bridgehead atoms. The molecule has 0 amide bonds. The molecule has 1 fully saturated rings. The van der Waals surface area contributed by atoms with Gasteiger partial charge in [-0.05, 0) is 42.0 Å². The monoisotopic (exact) mass is 440 g/mol. The fourth-order valence-corrected chi connectivity index (χ4v) is 4.68. The Kier molecular flexibility index (Phi) is 7.04. The van der Waals surface area contributed by atoms with Crippen molar-refractivity contribution >= 4 is 16.6 Å². The third-order valence-electron chi connectivity index (χ3n) is 6.06. The van der Waals surface area contributed by atoms with Crippen LogP contribution in [0.4, 0.5) is 5.69 Å². The number of rotatable bonds is 9. The van der Waals surface area contributed by atoms with E-state index in [2.05, 4.69) is 11.1 Å². The highest BCUT2D eigenvalue weighted by molar-refractivity contribution is 5.93. The zero-order chi connectivity index (χ0) is 22.5. The molecule has 8 nitrogen and oxygen atoms in total. The Morgan fingerprint density at radius 2 is 2.00 bits per heavy atom.